The molecule has 0 saturated carbocycles. The van der Waals surface area contributed by atoms with Crippen molar-refractivity contribution in [3.63, 3.8) is 0 Å². The van der Waals surface area contributed by atoms with Gasteiger partial charge in [-0.1, -0.05) is 60.7 Å². The van der Waals surface area contributed by atoms with Crippen LogP contribution in [0.15, 0.2) is 79.0 Å². The SMILES string of the molecule is O=C(c1ccc(NCc2ccccc2)nc1)N1CCN(Cc2ccccc2)CC1. The Labute approximate surface area is 172 Å². The van der Waals surface area contributed by atoms with Crippen molar-refractivity contribution in [1.29, 1.82) is 0 Å². The Hall–Kier alpha value is -3.18. The second-order valence-corrected chi connectivity index (χ2v) is 7.33. The molecule has 1 N–H and O–H groups in total. The molecule has 1 saturated heterocycles. The number of anilines is 1. The molecule has 1 aliphatic heterocycles. The Morgan fingerprint density at radius 1 is 0.828 bits per heavy atom. The van der Waals surface area contributed by atoms with Crippen LogP contribution in [-0.2, 0) is 13.1 Å². The maximum atomic E-state index is 12.8. The van der Waals surface area contributed by atoms with Gasteiger partial charge in [-0.3, -0.25) is 9.69 Å². The second kappa shape index (κ2) is 9.34. The van der Waals surface area contributed by atoms with E-state index in [-0.39, 0.29) is 5.91 Å². The number of nitrogens with zero attached hydrogens (tertiary/aromatic N) is 3. The van der Waals surface area contributed by atoms with Gasteiger partial charge in [-0.05, 0) is 23.3 Å². The lowest BCUT2D eigenvalue weighted by Crippen LogP contribution is -2.48. The van der Waals surface area contributed by atoms with E-state index < -0.39 is 0 Å². The van der Waals surface area contributed by atoms with Gasteiger partial charge in [0.1, 0.15) is 5.82 Å². The van der Waals surface area contributed by atoms with Gasteiger partial charge in [0.05, 0.1) is 5.56 Å². The fourth-order valence-electron chi connectivity index (χ4n) is 3.55. The summed E-state index contributed by atoms with van der Waals surface area (Å²) in [6, 6.07) is 24.4. The summed E-state index contributed by atoms with van der Waals surface area (Å²) in [5.74, 6) is 0.838. The molecule has 5 nitrogen and oxygen atoms in total. The van der Waals surface area contributed by atoms with E-state index in [1.165, 1.54) is 11.1 Å². The van der Waals surface area contributed by atoms with Gasteiger partial charge in [-0.2, -0.15) is 0 Å². The molecule has 148 valence electrons. The minimum atomic E-state index is 0.0615. The largest absolute Gasteiger partial charge is 0.366 e. The molecule has 0 radical (unpaired) electrons. The zero-order chi connectivity index (χ0) is 19.9. The predicted molar refractivity (Wildman–Crippen MR) is 116 cm³/mol. The normalized spacial score (nSPS) is 14.6. The van der Waals surface area contributed by atoms with E-state index in [4.69, 9.17) is 0 Å². The molecule has 1 amide bonds. The molecule has 1 aromatic heterocycles. The van der Waals surface area contributed by atoms with Crippen LogP contribution >= 0.6 is 0 Å². The van der Waals surface area contributed by atoms with E-state index in [0.717, 1.165) is 38.5 Å². The van der Waals surface area contributed by atoms with Crippen molar-refractivity contribution < 1.29 is 4.79 Å². The van der Waals surface area contributed by atoms with E-state index in [0.29, 0.717) is 12.1 Å². The van der Waals surface area contributed by atoms with Gasteiger partial charge in [0.15, 0.2) is 0 Å². The van der Waals surface area contributed by atoms with E-state index in [2.05, 4.69) is 51.6 Å². The minimum absolute atomic E-state index is 0.0615. The summed E-state index contributed by atoms with van der Waals surface area (Å²) >= 11 is 0. The third-order valence-electron chi connectivity index (χ3n) is 5.24. The van der Waals surface area contributed by atoms with Crippen LogP contribution in [0.25, 0.3) is 0 Å². The van der Waals surface area contributed by atoms with Crippen molar-refractivity contribution >= 4 is 11.7 Å². The van der Waals surface area contributed by atoms with Crippen LogP contribution in [0.5, 0.6) is 0 Å². The van der Waals surface area contributed by atoms with E-state index >= 15 is 0 Å². The maximum Gasteiger partial charge on any atom is 0.255 e. The number of benzene rings is 2. The molecular weight excluding hydrogens is 360 g/mol. The third-order valence-corrected chi connectivity index (χ3v) is 5.24. The fraction of sp³-hybridized carbons (Fsp3) is 0.250. The predicted octanol–water partition coefficient (Wildman–Crippen LogP) is 3.65. The quantitative estimate of drug-likeness (QED) is 0.703. The van der Waals surface area contributed by atoms with Crippen LogP contribution in [0, 0.1) is 0 Å². The summed E-state index contributed by atoms with van der Waals surface area (Å²) in [4.78, 5) is 21.5. The summed E-state index contributed by atoms with van der Waals surface area (Å²) in [5.41, 5.74) is 3.16. The molecule has 0 spiro atoms. The second-order valence-electron chi connectivity index (χ2n) is 7.33. The lowest BCUT2D eigenvalue weighted by atomic mass is 10.2. The van der Waals surface area contributed by atoms with Gasteiger partial charge in [0.25, 0.3) is 5.91 Å². The highest BCUT2D eigenvalue weighted by atomic mass is 16.2. The van der Waals surface area contributed by atoms with Gasteiger partial charge in [-0.25, -0.2) is 4.98 Å². The van der Waals surface area contributed by atoms with Gasteiger partial charge in [-0.15, -0.1) is 0 Å². The van der Waals surface area contributed by atoms with Crippen LogP contribution in [-0.4, -0.2) is 46.9 Å². The number of hydrogen-bond acceptors (Lipinski definition) is 4. The highest BCUT2D eigenvalue weighted by molar-refractivity contribution is 5.94. The van der Waals surface area contributed by atoms with Crippen molar-refractivity contribution in [2.75, 3.05) is 31.5 Å². The van der Waals surface area contributed by atoms with Crippen LogP contribution in [0.2, 0.25) is 0 Å². The van der Waals surface area contributed by atoms with Crippen molar-refractivity contribution in [3.05, 3.63) is 95.7 Å². The van der Waals surface area contributed by atoms with Crippen LogP contribution in [0.1, 0.15) is 21.5 Å². The summed E-state index contributed by atoms with van der Waals surface area (Å²) in [7, 11) is 0. The first-order valence-corrected chi connectivity index (χ1v) is 10.1. The smallest absolute Gasteiger partial charge is 0.255 e. The maximum absolute atomic E-state index is 12.8. The summed E-state index contributed by atoms with van der Waals surface area (Å²) < 4.78 is 0. The van der Waals surface area contributed by atoms with Crippen molar-refractivity contribution in [2.24, 2.45) is 0 Å². The average Bonchev–Trinajstić information content (AvgIpc) is 2.79. The van der Waals surface area contributed by atoms with Gasteiger partial charge >= 0.3 is 0 Å². The van der Waals surface area contributed by atoms with Gasteiger partial charge in [0, 0.05) is 45.5 Å². The molecule has 3 aromatic rings. The summed E-state index contributed by atoms with van der Waals surface area (Å²) in [6.07, 6.45) is 1.67. The van der Waals surface area contributed by atoms with Crippen molar-refractivity contribution in [2.45, 2.75) is 13.1 Å². The Morgan fingerprint density at radius 3 is 2.10 bits per heavy atom. The molecule has 4 rings (SSSR count). The monoisotopic (exact) mass is 386 g/mol. The number of carbonyl (C=O) groups is 1. The highest BCUT2D eigenvalue weighted by Crippen LogP contribution is 2.13. The molecule has 2 heterocycles. The molecule has 0 aliphatic carbocycles. The number of piperazine rings is 1. The van der Waals surface area contributed by atoms with Crippen molar-refractivity contribution in [3.8, 4) is 0 Å². The molecule has 5 heteroatoms. The lowest BCUT2D eigenvalue weighted by Gasteiger charge is -2.34. The third kappa shape index (κ3) is 5.21. The zero-order valence-corrected chi connectivity index (χ0v) is 16.5. The van der Waals surface area contributed by atoms with Gasteiger partial charge < -0.3 is 10.2 Å². The number of pyridine rings is 1. The molecule has 1 fully saturated rings. The minimum Gasteiger partial charge on any atom is -0.366 e. The molecular formula is C24H26N4O. The topological polar surface area (TPSA) is 48.5 Å². The van der Waals surface area contributed by atoms with E-state index in [1.807, 2.05) is 41.3 Å². The van der Waals surface area contributed by atoms with E-state index in [1.54, 1.807) is 6.20 Å². The number of amides is 1. The van der Waals surface area contributed by atoms with Gasteiger partial charge in [0.2, 0.25) is 0 Å². The number of nitrogens with one attached hydrogen (secondary N) is 1. The highest BCUT2D eigenvalue weighted by Gasteiger charge is 2.22. The number of carbonyl (C=O) groups excluding carboxylic acids is 1. The molecule has 1 aliphatic rings. The summed E-state index contributed by atoms with van der Waals surface area (Å²) in [6.45, 7) is 4.94. The average molecular weight is 386 g/mol. The molecule has 29 heavy (non-hydrogen) atoms. The van der Waals surface area contributed by atoms with E-state index in [9.17, 15) is 4.79 Å². The first-order valence-electron chi connectivity index (χ1n) is 10.1. The molecule has 0 unspecified atom stereocenters. The lowest BCUT2D eigenvalue weighted by molar-refractivity contribution is 0.0628. The Morgan fingerprint density at radius 2 is 1.48 bits per heavy atom. The first kappa shape index (κ1) is 19.2. The van der Waals surface area contributed by atoms with Crippen LogP contribution in [0.4, 0.5) is 5.82 Å². The first-order chi connectivity index (χ1) is 14.3. The fourth-order valence-corrected chi connectivity index (χ4v) is 3.55. The molecule has 2 aromatic carbocycles. The number of hydrogen-bond donors (Lipinski definition) is 1. The zero-order valence-electron chi connectivity index (χ0n) is 16.5. The molecule has 0 bridgehead atoms. The summed E-state index contributed by atoms with van der Waals surface area (Å²) in [5, 5.41) is 3.29. The standard InChI is InChI=1S/C24H26N4O/c29-24(28-15-13-27(14-16-28)19-21-9-5-2-6-10-21)22-11-12-23(26-18-22)25-17-20-7-3-1-4-8-20/h1-12,18H,13-17,19H2,(H,25,26). The van der Waals surface area contributed by atoms with Crippen LogP contribution < -0.4 is 5.32 Å². The molecule has 0 atom stereocenters. The van der Waals surface area contributed by atoms with Crippen LogP contribution in [0.3, 0.4) is 0 Å². The number of rotatable bonds is 6. The Kier molecular flexibility index (Phi) is 6.17. The number of aromatic nitrogens is 1. The van der Waals surface area contributed by atoms with Crippen molar-refractivity contribution in [1.82, 2.24) is 14.8 Å². The Balaban J connectivity index is 1.27. The Bertz CT molecular complexity index is 905.